The summed E-state index contributed by atoms with van der Waals surface area (Å²) in [6.45, 7) is 10.7. The first kappa shape index (κ1) is 18.9. The predicted molar refractivity (Wildman–Crippen MR) is 99.0 cm³/mol. The van der Waals surface area contributed by atoms with Gasteiger partial charge in [0.1, 0.15) is 0 Å². The Morgan fingerprint density at radius 1 is 0.962 bits per heavy atom. The zero-order valence-electron chi connectivity index (χ0n) is 16.4. The molecule has 1 aromatic carbocycles. The van der Waals surface area contributed by atoms with Gasteiger partial charge in [-0.15, -0.1) is 0 Å². The van der Waals surface area contributed by atoms with Crippen molar-refractivity contribution in [1.29, 1.82) is 0 Å². The number of nitrogens with one attached hydrogen (secondary N) is 1. The van der Waals surface area contributed by atoms with Crippen LogP contribution in [0.4, 0.5) is 0 Å². The molecule has 1 N–H and O–H groups in total. The van der Waals surface area contributed by atoms with E-state index in [0.29, 0.717) is 18.0 Å². The van der Waals surface area contributed by atoms with Crippen molar-refractivity contribution < 1.29 is 19.1 Å². The molecule has 5 heteroatoms. The Kier molecular flexibility index (Phi) is 4.63. The van der Waals surface area contributed by atoms with Gasteiger partial charge in [-0.3, -0.25) is 9.59 Å². The number of esters is 2. The van der Waals surface area contributed by atoms with E-state index in [4.69, 9.17) is 9.47 Å². The molecule has 3 rings (SSSR count). The van der Waals surface area contributed by atoms with E-state index in [1.807, 2.05) is 19.9 Å². The lowest BCUT2D eigenvalue weighted by Gasteiger charge is -2.21. The topological polar surface area (TPSA) is 64.6 Å². The molecule has 2 aliphatic rings. The van der Waals surface area contributed by atoms with Crippen LogP contribution in [-0.4, -0.2) is 17.5 Å². The van der Waals surface area contributed by atoms with Crippen molar-refractivity contribution in [3.8, 4) is 11.5 Å². The number of carbonyl (C=O) groups excluding carboxylic acids is 2. The van der Waals surface area contributed by atoms with E-state index in [2.05, 4.69) is 26.1 Å². The molecule has 0 atom stereocenters. The fraction of sp³-hybridized carbons (Fsp3) is 0.619. The van der Waals surface area contributed by atoms with Gasteiger partial charge in [-0.1, -0.05) is 6.07 Å². The summed E-state index contributed by atoms with van der Waals surface area (Å²) in [7, 11) is 0. The molecule has 142 valence electrons. The van der Waals surface area contributed by atoms with Crippen LogP contribution in [0.5, 0.6) is 11.5 Å². The van der Waals surface area contributed by atoms with Crippen LogP contribution in [0, 0.1) is 10.8 Å². The van der Waals surface area contributed by atoms with E-state index in [1.165, 1.54) is 0 Å². The molecule has 0 amide bonds. The van der Waals surface area contributed by atoms with Gasteiger partial charge in [-0.25, -0.2) is 0 Å². The average Bonchev–Trinajstić information content (AvgIpc) is 3.46. The van der Waals surface area contributed by atoms with E-state index in [0.717, 1.165) is 31.2 Å². The third kappa shape index (κ3) is 4.44. The maximum Gasteiger partial charge on any atom is 0.317 e. The fourth-order valence-electron chi connectivity index (χ4n) is 2.42. The summed E-state index contributed by atoms with van der Waals surface area (Å²) in [5, 5.41) is 3.41. The number of carbonyl (C=O) groups is 2. The Bertz CT molecular complexity index is 724. The van der Waals surface area contributed by atoms with Crippen molar-refractivity contribution in [3.05, 3.63) is 23.8 Å². The van der Waals surface area contributed by atoms with Crippen LogP contribution in [0.15, 0.2) is 18.2 Å². The summed E-state index contributed by atoms with van der Waals surface area (Å²) >= 11 is 0. The summed E-state index contributed by atoms with van der Waals surface area (Å²) in [6, 6.07) is 5.41. The Balaban J connectivity index is 1.79. The molecule has 2 saturated carbocycles. The second-order valence-electron chi connectivity index (χ2n) is 9.29. The first-order valence-electron chi connectivity index (χ1n) is 9.33. The zero-order chi connectivity index (χ0) is 19.2. The van der Waals surface area contributed by atoms with Crippen LogP contribution < -0.4 is 14.8 Å². The monoisotopic (exact) mass is 359 g/mol. The molecule has 2 aliphatic carbocycles. The van der Waals surface area contributed by atoms with E-state index >= 15 is 0 Å². The van der Waals surface area contributed by atoms with Gasteiger partial charge < -0.3 is 14.8 Å². The number of benzene rings is 1. The number of rotatable bonds is 6. The highest BCUT2D eigenvalue weighted by atomic mass is 16.6. The van der Waals surface area contributed by atoms with Crippen molar-refractivity contribution in [1.82, 2.24) is 5.32 Å². The highest BCUT2D eigenvalue weighted by Crippen LogP contribution is 2.48. The van der Waals surface area contributed by atoms with Gasteiger partial charge in [-0.2, -0.15) is 0 Å². The highest BCUT2D eigenvalue weighted by molar-refractivity contribution is 5.84. The Hall–Kier alpha value is -1.88. The van der Waals surface area contributed by atoms with Gasteiger partial charge in [0.2, 0.25) is 0 Å². The van der Waals surface area contributed by atoms with Crippen LogP contribution in [-0.2, 0) is 16.1 Å². The molecule has 0 radical (unpaired) electrons. The Labute approximate surface area is 155 Å². The number of hydrogen-bond acceptors (Lipinski definition) is 5. The highest BCUT2D eigenvalue weighted by Gasteiger charge is 2.48. The molecule has 0 bridgehead atoms. The standard InChI is InChI=1S/C21H29NO4/c1-19(2,3)22-13-14-6-7-15(25-17(23)20(4)8-9-20)16(12-14)26-18(24)21(5)10-11-21/h6-7,12,22H,8-11,13H2,1-5H3. The van der Waals surface area contributed by atoms with Gasteiger partial charge in [0, 0.05) is 12.1 Å². The lowest BCUT2D eigenvalue weighted by molar-refractivity contribution is -0.142. The van der Waals surface area contributed by atoms with Crippen molar-refractivity contribution in [2.24, 2.45) is 10.8 Å². The normalized spacial score (nSPS) is 19.6. The van der Waals surface area contributed by atoms with Gasteiger partial charge in [0.25, 0.3) is 0 Å². The minimum absolute atomic E-state index is 0.0238. The van der Waals surface area contributed by atoms with E-state index in [-0.39, 0.29) is 17.5 Å². The quantitative estimate of drug-likeness (QED) is 0.615. The number of hydrogen-bond donors (Lipinski definition) is 1. The summed E-state index contributed by atoms with van der Waals surface area (Å²) < 4.78 is 11.2. The van der Waals surface area contributed by atoms with Crippen molar-refractivity contribution >= 4 is 11.9 Å². The molecular weight excluding hydrogens is 330 g/mol. The van der Waals surface area contributed by atoms with E-state index < -0.39 is 10.8 Å². The zero-order valence-corrected chi connectivity index (χ0v) is 16.4. The van der Waals surface area contributed by atoms with Gasteiger partial charge in [0.15, 0.2) is 11.5 Å². The van der Waals surface area contributed by atoms with Gasteiger partial charge in [-0.05, 0) is 78.0 Å². The number of ether oxygens (including phenoxy) is 2. The minimum Gasteiger partial charge on any atom is -0.422 e. The molecule has 26 heavy (non-hydrogen) atoms. The molecule has 2 fully saturated rings. The lowest BCUT2D eigenvalue weighted by Crippen LogP contribution is -2.35. The molecule has 0 saturated heterocycles. The first-order valence-corrected chi connectivity index (χ1v) is 9.33. The van der Waals surface area contributed by atoms with Crippen molar-refractivity contribution in [2.45, 2.75) is 72.4 Å². The van der Waals surface area contributed by atoms with Crippen LogP contribution in [0.25, 0.3) is 0 Å². The SMILES string of the molecule is CC(C)(C)NCc1ccc(OC(=O)C2(C)CC2)c(OC(=O)C2(C)CC2)c1. The molecule has 1 aromatic rings. The Morgan fingerprint density at radius 2 is 1.46 bits per heavy atom. The lowest BCUT2D eigenvalue weighted by atomic mass is 10.1. The largest absolute Gasteiger partial charge is 0.422 e. The van der Waals surface area contributed by atoms with Crippen LogP contribution in [0.3, 0.4) is 0 Å². The maximum absolute atomic E-state index is 12.4. The van der Waals surface area contributed by atoms with Crippen LogP contribution in [0.1, 0.15) is 65.9 Å². The molecule has 0 unspecified atom stereocenters. The third-order valence-electron chi connectivity index (χ3n) is 5.22. The average molecular weight is 359 g/mol. The summed E-state index contributed by atoms with van der Waals surface area (Å²) in [5.41, 5.74) is 0.157. The fourth-order valence-corrected chi connectivity index (χ4v) is 2.42. The molecule has 5 nitrogen and oxygen atoms in total. The summed E-state index contributed by atoms with van der Waals surface area (Å²) in [5.74, 6) is 0.135. The van der Waals surface area contributed by atoms with Crippen molar-refractivity contribution in [3.63, 3.8) is 0 Å². The maximum atomic E-state index is 12.4. The van der Waals surface area contributed by atoms with E-state index in [1.54, 1.807) is 12.1 Å². The van der Waals surface area contributed by atoms with Crippen LogP contribution >= 0.6 is 0 Å². The summed E-state index contributed by atoms with van der Waals surface area (Å²) in [6.07, 6.45) is 3.35. The second kappa shape index (κ2) is 6.38. The third-order valence-corrected chi connectivity index (χ3v) is 5.22. The van der Waals surface area contributed by atoms with Gasteiger partial charge >= 0.3 is 11.9 Å². The van der Waals surface area contributed by atoms with E-state index in [9.17, 15) is 9.59 Å². The van der Waals surface area contributed by atoms with Crippen molar-refractivity contribution in [2.75, 3.05) is 0 Å². The summed E-state index contributed by atoms with van der Waals surface area (Å²) in [4.78, 5) is 24.7. The molecule has 0 aliphatic heterocycles. The minimum atomic E-state index is -0.399. The second-order valence-corrected chi connectivity index (χ2v) is 9.29. The predicted octanol–water partition coefficient (Wildman–Crippen LogP) is 3.99. The smallest absolute Gasteiger partial charge is 0.317 e. The van der Waals surface area contributed by atoms with Crippen LogP contribution in [0.2, 0.25) is 0 Å². The molecule has 0 aromatic heterocycles. The molecular formula is C21H29NO4. The first-order chi connectivity index (χ1) is 12.0. The molecule has 0 spiro atoms. The Morgan fingerprint density at radius 3 is 1.92 bits per heavy atom. The van der Waals surface area contributed by atoms with Gasteiger partial charge in [0.05, 0.1) is 10.8 Å². The molecule has 0 heterocycles.